The molecular formula is C13H21N3OS. The van der Waals surface area contributed by atoms with Crippen LogP contribution in [0.15, 0.2) is 12.1 Å². The smallest absolute Gasteiger partial charge is 0.239 e. The summed E-state index contributed by atoms with van der Waals surface area (Å²) in [5, 5.41) is 3.46. The van der Waals surface area contributed by atoms with Gasteiger partial charge in [0.05, 0.1) is 11.8 Å². The van der Waals surface area contributed by atoms with Crippen molar-refractivity contribution in [3.8, 4) is 5.88 Å². The van der Waals surface area contributed by atoms with E-state index in [9.17, 15) is 0 Å². The minimum Gasteiger partial charge on any atom is -0.473 e. The number of ether oxygens (including phenoxy) is 1. The maximum absolute atomic E-state index is 5.85. The summed E-state index contributed by atoms with van der Waals surface area (Å²) < 4.78 is 5.59. The first-order chi connectivity index (χ1) is 8.65. The molecule has 5 heteroatoms. The van der Waals surface area contributed by atoms with Crippen molar-refractivity contribution in [2.45, 2.75) is 38.8 Å². The third-order valence-electron chi connectivity index (χ3n) is 2.81. The van der Waals surface area contributed by atoms with Gasteiger partial charge in [-0.15, -0.1) is 0 Å². The highest BCUT2D eigenvalue weighted by molar-refractivity contribution is 7.99. The Kier molecular flexibility index (Phi) is 4.58. The van der Waals surface area contributed by atoms with E-state index in [1.54, 1.807) is 0 Å². The summed E-state index contributed by atoms with van der Waals surface area (Å²) in [5.41, 5.74) is 6.44. The summed E-state index contributed by atoms with van der Waals surface area (Å²) in [5.74, 6) is 3.83. The fraction of sp³-hybridized carbons (Fsp3) is 0.615. The summed E-state index contributed by atoms with van der Waals surface area (Å²) in [6.07, 6.45) is 2.47. The molecule has 100 valence electrons. The lowest BCUT2D eigenvalue weighted by atomic mass is 10.1. The number of pyridine rings is 1. The molecule has 0 radical (unpaired) electrons. The number of aromatic nitrogens is 1. The number of thioether (sulfide) groups is 1. The second-order valence-electron chi connectivity index (χ2n) is 4.79. The minimum atomic E-state index is 0.0844. The van der Waals surface area contributed by atoms with Gasteiger partial charge in [0.1, 0.15) is 5.82 Å². The average Bonchev–Trinajstić information content (AvgIpc) is 2.34. The van der Waals surface area contributed by atoms with E-state index in [0.29, 0.717) is 17.6 Å². The Morgan fingerprint density at radius 3 is 2.78 bits per heavy atom. The Balaban J connectivity index is 2.03. The Morgan fingerprint density at radius 1 is 1.39 bits per heavy atom. The molecule has 0 unspecified atom stereocenters. The zero-order valence-corrected chi connectivity index (χ0v) is 11.8. The van der Waals surface area contributed by atoms with Crippen LogP contribution in [0.3, 0.4) is 0 Å². The standard InChI is InChI=1S/C13H21N3OS/c1-9(2)17-13-11(14)3-4-12(16-13)15-10-5-7-18-8-6-10/h3-4,9-10H,5-8,14H2,1-2H3,(H,15,16). The highest BCUT2D eigenvalue weighted by atomic mass is 32.2. The van der Waals surface area contributed by atoms with Gasteiger partial charge < -0.3 is 15.8 Å². The van der Waals surface area contributed by atoms with E-state index in [1.807, 2.05) is 37.7 Å². The molecule has 1 fully saturated rings. The second kappa shape index (κ2) is 6.18. The number of nitrogens with one attached hydrogen (secondary N) is 1. The first kappa shape index (κ1) is 13.3. The predicted octanol–water partition coefficient (Wildman–Crippen LogP) is 2.76. The van der Waals surface area contributed by atoms with Crippen LogP contribution < -0.4 is 15.8 Å². The predicted molar refractivity (Wildman–Crippen MR) is 78.4 cm³/mol. The van der Waals surface area contributed by atoms with Crippen molar-refractivity contribution in [2.75, 3.05) is 22.6 Å². The number of hydrogen-bond acceptors (Lipinski definition) is 5. The van der Waals surface area contributed by atoms with Gasteiger partial charge in [0.2, 0.25) is 5.88 Å². The van der Waals surface area contributed by atoms with Gasteiger partial charge in [-0.25, -0.2) is 0 Å². The van der Waals surface area contributed by atoms with Crippen LogP contribution in [0.25, 0.3) is 0 Å². The Morgan fingerprint density at radius 2 is 2.11 bits per heavy atom. The van der Waals surface area contributed by atoms with Crippen LogP contribution in [-0.2, 0) is 0 Å². The van der Waals surface area contributed by atoms with Gasteiger partial charge in [0.15, 0.2) is 0 Å². The maximum Gasteiger partial charge on any atom is 0.239 e. The highest BCUT2D eigenvalue weighted by Crippen LogP contribution is 2.24. The summed E-state index contributed by atoms with van der Waals surface area (Å²) in [6.45, 7) is 3.94. The third kappa shape index (κ3) is 3.70. The molecule has 3 N–H and O–H groups in total. The van der Waals surface area contributed by atoms with Crippen molar-refractivity contribution in [3.05, 3.63) is 12.1 Å². The fourth-order valence-corrected chi connectivity index (χ4v) is 3.01. The number of rotatable bonds is 4. The molecule has 0 amide bonds. The SMILES string of the molecule is CC(C)Oc1nc(NC2CCSCC2)ccc1N. The monoisotopic (exact) mass is 267 g/mol. The van der Waals surface area contributed by atoms with E-state index in [0.717, 1.165) is 5.82 Å². The maximum atomic E-state index is 5.85. The summed E-state index contributed by atoms with van der Waals surface area (Å²) >= 11 is 2.02. The van der Waals surface area contributed by atoms with Crippen LogP contribution in [0.1, 0.15) is 26.7 Å². The third-order valence-corrected chi connectivity index (χ3v) is 3.86. The lowest BCUT2D eigenvalue weighted by Gasteiger charge is -2.23. The molecule has 4 nitrogen and oxygen atoms in total. The molecule has 0 spiro atoms. The fourth-order valence-electron chi connectivity index (χ4n) is 1.90. The molecule has 1 aromatic rings. The molecule has 0 aromatic carbocycles. The van der Waals surface area contributed by atoms with Gasteiger partial charge in [-0.2, -0.15) is 16.7 Å². The van der Waals surface area contributed by atoms with E-state index < -0.39 is 0 Å². The number of nitrogen functional groups attached to an aromatic ring is 1. The Bertz CT molecular complexity index is 392. The lowest BCUT2D eigenvalue weighted by Crippen LogP contribution is -2.25. The van der Waals surface area contributed by atoms with E-state index in [1.165, 1.54) is 24.3 Å². The molecule has 0 saturated carbocycles. The molecule has 2 rings (SSSR count). The van der Waals surface area contributed by atoms with Crippen molar-refractivity contribution in [1.29, 1.82) is 0 Å². The normalized spacial score (nSPS) is 16.8. The van der Waals surface area contributed by atoms with Crippen molar-refractivity contribution >= 4 is 23.3 Å². The minimum absolute atomic E-state index is 0.0844. The Hall–Kier alpha value is -1.10. The summed E-state index contributed by atoms with van der Waals surface area (Å²) in [7, 11) is 0. The number of nitrogens with zero attached hydrogens (tertiary/aromatic N) is 1. The molecule has 1 aromatic heterocycles. The number of anilines is 2. The first-order valence-corrected chi connectivity index (χ1v) is 7.58. The van der Waals surface area contributed by atoms with E-state index in [4.69, 9.17) is 10.5 Å². The van der Waals surface area contributed by atoms with Gasteiger partial charge in [-0.1, -0.05) is 0 Å². The molecule has 1 aliphatic rings. The largest absolute Gasteiger partial charge is 0.473 e. The van der Waals surface area contributed by atoms with Crippen molar-refractivity contribution < 1.29 is 4.74 Å². The van der Waals surface area contributed by atoms with Crippen LogP contribution >= 0.6 is 11.8 Å². The van der Waals surface area contributed by atoms with Crippen molar-refractivity contribution in [3.63, 3.8) is 0 Å². The van der Waals surface area contributed by atoms with Gasteiger partial charge in [-0.05, 0) is 50.3 Å². The van der Waals surface area contributed by atoms with Crippen molar-refractivity contribution in [2.24, 2.45) is 0 Å². The molecule has 1 aliphatic heterocycles. The zero-order valence-electron chi connectivity index (χ0n) is 11.0. The van der Waals surface area contributed by atoms with Crippen LogP contribution in [0.5, 0.6) is 5.88 Å². The Labute approximate surface area is 113 Å². The van der Waals surface area contributed by atoms with Gasteiger partial charge in [0, 0.05) is 6.04 Å². The molecule has 0 aliphatic carbocycles. The molecule has 2 heterocycles. The van der Waals surface area contributed by atoms with E-state index >= 15 is 0 Å². The van der Waals surface area contributed by atoms with Crippen LogP contribution in [-0.4, -0.2) is 28.6 Å². The molecule has 1 saturated heterocycles. The molecule has 0 atom stereocenters. The number of nitrogens with two attached hydrogens (primary N) is 1. The highest BCUT2D eigenvalue weighted by Gasteiger charge is 2.14. The zero-order chi connectivity index (χ0) is 13.0. The molecule has 0 bridgehead atoms. The quantitative estimate of drug-likeness (QED) is 0.878. The van der Waals surface area contributed by atoms with Crippen LogP contribution in [0.4, 0.5) is 11.5 Å². The molecule has 18 heavy (non-hydrogen) atoms. The summed E-state index contributed by atoms with van der Waals surface area (Å²) in [6, 6.07) is 4.30. The molecular weight excluding hydrogens is 246 g/mol. The van der Waals surface area contributed by atoms with Crippen molar-refractivity contribution in [1.82, 2.24) is 4.98 Å². The van der Waals surface area contributed by atoms with Gasteiger partial charge in [-0.3, -0.25) is 0 Å². The second-order valence-corrected chi connectivity index (χ2v) is 6.01. The first-order valence-electron chi connectivity index (χ1n) is 6.42. The average molecular weight is 267 g/mol. The van der Waals surface area contributed by atoms with Crippen LogP contribution in [0, 0.1) is 0 Å². The van der Waals surface area contributed by atoms with Crippen LogP contribution in [0.2, 0.25) is 0 Å². The van der Waals surface area contributed by atoms with Gasteiger partial charge in [0.25, 0.3) is 0 Å². The topological polar surface area (TPSA) is 60.2 Å². The van der Waals surface area contributed by atoms with E-state index in [-0.39, 0.29) is 6.10 Å². The summed E-state index contributed by atoms with van der Waals surface area (Å²) in [4.78, 5) is 4.44. The van der Waals surface area contributed by atoms with E-state index in [2.05, 4.69) is 10.3 Å². The lowest BCUT2D eigenvalue weighted by molar-refractivity contribution is 0.234. The number of hydrogen-bond donors (Lipinski definition) is 2. The van der Waals surface area contributed by atoms with Gasteiger partial charge >= 0.3 is 0 Å².